The van der Waals surface area contributed by atoms with Gasteiger partial charge in [0.1, 0.15) is 12.0 Å². The second kappa shape index (κ2) is 5.85. The molecular formula is C15H13NO4. The largest absolute Gasteiger partial charge is 0.495 e. The van der Waals surface area contributed by atoms with Gasteiger partial charge in [0.05, 0.1) is 19.2 Å². The Bertz CT molecular complexity index is 672. The summed E-state index contributed by atoms with van der Waals surface area (Å²) in [6, 6.07) is 7.70. The number of benzene rings is 1. The molecule has 0 fully saturated rings. The zero-order valence-corrected chi connectivity index (χ0v) is 10.8. The van der Waals surface area contributed by atoms with Crippen molar-refractivity contribution in [3.63, 3.8) is 0 Å². The Morgan fingerprint density at radius 2 is 1.95 bits per heavy atom. The van der Waals surface area contributed by atoms with Crippen LogP contribution in [0.5, 0.6) is 17.5 Å². The van der Waals surface area contributed by atoms with Crippen LogP contribution in [0.25, 0.3) is 0 Å². The second-order valence-electron chi connectivity index (χ2n) is 4.02. The van der Waals surface area contributed by atoms with Crippen LogP contribution in [0.4, 0.5) is 0 Å². The van der Waals surface area contributed by atoms with Crippen molar-refractivity contribution >= 4 is 6.29 Å². The van der Waals surface area contributed by atoms with E-state index in [-0.39, 0.29) is 18.3 Å². The number of carbonyl (C=O) groups is 1. The van der Waals surface area contributed by atoms with E-state index in [0.29, 0.717) is 16.9 Å². The topological polar surface area (TPSA) is 71.7 Å². The first-order valence-electron chi connectivity index (χ1n) is 5.85. The summed E-state index contributed by atoms with van der Waals surface area (Å²) in [4.78, 5) is 10.7. The molecule has 1 aromatic carbocycles. The molecule has 0 atom stereocenters. The second-order valence-corrected chi connectivity index (χ2v) is 4.02. The molecule has 0 aliphatic carbocycles. The highest BCUT2D eigenvalue weighted by molar-refractivity contribution is 5.76. The molecule has 1 aromatic heterocycles. The minimum atomic E-state index is -0.0555. The van der Waals surface area contributed by atoms with Crippen molar-refractivity contribution in [2.24, 2.45) is 0 Å². The molecule has 2 aromatic rings. The average Bonchev–Trinajstić information content (AvgIpc) is 2.79. The zero-order chi connectivity index (χ0) is 14.5. The standard InChI is InChI=1S/C15H13NO4/c1-20-13-9-11(10-17)4-5-12(13)3-2-8-16-14(18)6-7-15(16)19/h4-7,9-10,18-19H,8H2,1H3. The minimum Gasteiger partial charge on any atom is -0.495 e. The summed E-state index contributed by atoms with van der Waals surface area (Å²) >= 11 is 0. The van der Waals surface area contributed by atoms with E-state index in [1.807, 2.05) is 0 Å². The highest BCUT2D eigenvalue weighted by atomic mass is 16.5. The van der Waals surface area contributed by atoms with Gasteiger partial charge in [-0.1, -0.05) is 17.9 Å². The number of carbonyl (C=O) groups excluding carboxylic acids is 1. The summed E-state index contributed by atoms with van der Waals surface area (Å²) in [7, 11) is 1.50. The minimum absolute atomic E-state index is 0.0555. The summed E-state index contributed by atoms with van der Waals surface area (Å²) in [5.41, 5.74) is 1.14. The smallest absolute Gasteiger partial charge is 0.194 e. The molecule has 0 unspecified atom stereocenters. The van der Waals surface area contributed by atoms with E-state index in [4.69, 9.17) is 4.74 Å². The number of aromatic nitrogens is 1. The molecule has 5 heteroatoms. The van der Waals surface area contributed by atoms with Gasteiger partial charge in [0.2, 0.25) is 0 Å². The van der Waals surface area contributed by atoms with Gasteiger partial charge in [-0.3, -0.25) is 9.36 Å². The van der Waals surface area contributed by atoms with Crippen LogP contribution in [0.2, 0.25) is 0 Å². The van der Waals surface area contributed by atoms with Gasteiger partial charge < -0.3 is 14.9 Å². The maximum atomic E-state index is 10.7. The van der Waals surface area contributed by atoms with Gasteiger partial charge >= 0.3 is 0 Å². The van der Waals surface area contributed by atoms with E-state index in [2.05, 4.69) is 11.8 Å². The lowest BCUT2D eigenvalue weighted by Crippen LogP contribution is -1.94. The predicted octanol–water partition coefficient (Wildman–Crippen LogP) is 1.77. The fourth-order valence-electron chi connectivity index (χ4n) is 1.71. The average molecular weight is 271 g/mol. The van der Waals surface area contributed by atoms with Crippen molar-refractivity contribution in [2.75, 3.05) is 7.11 Å². The molecule has 0 saturated carbocycles. The van der Waals surface area contributed by atoms with Gasteiger partial charge in [-0.05, 0) is 12.1 Å². The molecule has 0 amide bonds. The Morgan fingerprint density at radius 3 is 2.55 bits per heavy atom. The fourth-order valence-corrected chi connectivity index (χ4v) is 1.71. The molecule has 2 N–H and O–H groups in total. The monoisotopic (exact) mass is 271 g/mol. The van der Waals surface area contributed by atoms with Crippen molar-refractivity contribution < 1.29 is 19.7 Å². The highest BCUT2D eigenvalue weighted by Crippen LogP contribution is 2.21. The Balaban J connectivity index is 2.23. The van der Waals surface area contributed by atoms with E-state index >= 15 is 0 Å². The molecule has 5 nitrogen and oxygen atoms in total. The van der Waals surface area contributed by atoms with Crippen LogP contribution < -0.4 is 4.74 Å². The van der Waals surface area contributed by atoms with Gasteiger partial charge in [0.15, 0.2) is 11.8 Å². The van der Waals surface area contributed by atoms with Crippen molar-refractivity contribution in [1.29, 1.82) is 0 Å². The SMILES string of the molecule is COc1cc(C=O)ccc1C#CCn1c(O)ccc1O. The maximum absolute atomic E-state index is 10.7. The van der Waals surface area contributed by atoms with Gasteiger partial charge in [0, 0.05) is 17.7 Å². The third-order valence-electron chi connectivity index (χ3n) is 2.76. The Morgan fingerprint density at radius 1 is 1.25 bits per heavy atom. The van der Waals surface area contributed by atoms with Crippen molar-refractivity contribution in [3.8, 4) is 29.4 Å². The lowest BCUT2D eigenvalue weighted by molar-refractivity contribution is 0.112. The quantitative estimate of drug-likeness (QED) is 0.659. The summed E-state index contributed by atoms with van der Waals surface area (Å²) in [5, 5.41) is 18.9. The Kier molecular flexibility index (Phi) is 3.96. The Hall–Kier alpha value is -2.87. The molecule has 1 heterocycles. The number of aldehydes is 1. The summed E-state index contributed by atoms with van der Waals surface area (Å²) in [6.45, 7) is 0.142. The predicted molar refractivity (Wildman–Crippen MR) is 73.0 cm³/mol. The van der Waals surface area contributed by atoms with E-state index in [9.17, 15) is 15.0 Å². The van der Waals surface area contributed by atoms with Gasteiger partial charge in [-0.2, -0.15) is 0 Å². The van der Waals surface area contributed by atoms with Crippen LogP contribution in [0, 0.1) is 11.8 Å². The third kappa shape index (κ3) is 2.75. The third-order valence-corrected chi connectivity index (χ3v) is 2.76. The van der Waals surface area contributed by atoms with Crippen LogP contribution in [0.15, 0.2) is 30.3 Å². The van der Waals surface area contributed by atoms with Crippen LogP contribution in [-0.2, 0) is 6.54 Å². The zero-order valence-electron chi connectivity index (χ0n) is 10.8. The normalized spacial score (nSPS) is 9.65. The van der Waals surface area contributed by atoms with E-state index in [1.54, 1.807) is 18.2 Å². The fraction of sp³-hybridized carbons (Fsp3) is 0.133. The lowest BCUT2D eigenvalue weighted by atomic mass is 10.1. The molecule has 102 valence electrons. The number of hydrogen-bond donors (Lipinski definition) is 2. The molecular weight excluding hydrogens is 258 g/mol. The molecule has 0 aliphatic heterocycles. The van der Waals surface area contributed by atoms with Crippen molar-refractivity contribution in [2.45, 2.75) is 6.54 Å². The van der Waals surface area contributed by atoms with Crippen LogP contribution in [-0.4, -0.2) is 28.2 Å². The van der Waals surface area contributed by atoms with Crippen molar-refractivity contribution in [3.05, 3.63) is 41.5 Å². The number of hydrogen-bond acceptors (Lipinski definition) is 4. The molecule has 20 heavy (non-hydrogen) atoms. The van der Waals surface area contributed by atoms with Crippen LogP contribution in [0.1, 0.15) is 15.9 Å². The summed E-state index contributed by atoms with van der Waals surface area (Å²) in [5.74, 6) is 6.09. The maximum Gasteiger partial charge on any atom is 0.194 e. The summed E-state index contributed by atoms with van der Waals surface area (Å²) in [6.07, 6.45) is 0.732. The number of ether oxygens (including phenoxy) is 1. The number of aromatic hydroxyl groups is 2. The Labute approximate surface area is 116 Å². The van der Waals surface area contributed by atoms with Crippen LogP contribution in [0.3, 0.4) is 0 Å². The van der Waals surface area contributed by atoms with E-state index in [0.717, 1.165) is 6.29 Å². The molecule has 0 aliphatic rings. The lowest BCUT2D eigenvalue weighted by Gasteiger charge is -2.03. The van der Waals surface area contributed by atoms with E-state index in [1.165, 1.54) is 23.8 Å². The molecule has 0 radical (unpaired) electrons. The van der Waals surface area contributed by atoms with E-state index < -0.39 is 0 Å². The molecule has 0 spiro atoms. The number of nitrogens with zero attached hydrogens (tertiary/aromatic N) is 1. The van der Waals surface area contributed by atoms with Gasteiger partial charge in [-0.15, -0.1) is 0 Å². The first-order chi connectivity index (χ1) is 9.65. The molecule has 0 bridgehead atoms. The highest BCUT2D eigenvalue weighted by Gasteiger charge is 2.04. The van der Waals surface area contributed by atoms with Gasteiger partial charge in [-0.25, -0.2) is 0 Å². The van der Waals surface area contributed by atoms with Gasteiger partial charge in [0.25, 0.3) is 0 Å². The molecule has 2 rings (SSSR count). The van der Waals surface area contributed by atoms with Crippen molar-refractivity contribution in [1.82, 2.24) is 4.57 Å². The first-order valence-corrected chi connectivity index (χ1v) is 5.85. The summed E-state index contributed by atoms with van der Waals surface area (Å²) < 4.78 is 6.42. The number of rotatable bonds is 3. The first kappa shape index (κ1) is 13.6. The number of methoxy groups -OCH3 is 1. The molecule has 0 saturated heterocycles. The van der Waals surface area contributed by atoms with Crippen LogP contribution >= 0.6 is 0 Å².